The van der Waals surface area contributed by atoms with E-state index in [4.69, 9.17) is 33.0 Å². The Kier molecular flexibility index (Phi) is 5.70. The molecule has 126 valence electrons. The Balaban J connectivity index is 2.02. The molecule has 0 aliphatic rings. The molecule has 0 aliphatic carbocycles. The number of carboxylic acids is 1. The van der Waals surface area contributed by atoms with Gasteiger partial charge in [0.25, 0.3) is 5.91 Å². The van der Waals surface area contributed by atoms with Crippen molar-refractivity contribution in [2.75, 3.05) is 11.9 Å². The van der Waals surface area contributed by atoms with E-state index < -0.39 is 11.9 Å². The second-order valence-corrected chi connectivity index (χ2v) is 6.04. The van der Waals surface area contributed by atoms with Crippen molar-refractivity contribution in [2.24, 2.45) is 0 Å². The third-order valence-electron chi connectivity index (χ3n) is 3.20. The van der Waals surface area contributed by atoms with Gasteiger partial charge in [0, 0.05) is 5.69 Å². The van der Waals surface area contributed by atoms with E-state index in [9.17, 15) is 9.59 Å². The number of rotatable bonds is 5. The molecule has 0 spiro atoms. The Hall–Kier alpha value is -2.24. The molecule has 0 fully saturated rings. The van der Waals surface area contributed by atoms with Gasteiger partial charge in [-0.05, 0) is 49.2 Å². The average molecular weight is 368 g/mol. The number of halogens is 2. The summed E-state index contributed by atoms with van der Waals surface area (Å²) in [6.45, 7) is 3.53. The van der Waals surface area contributed by atoms with E-state index in [1.165, 1.54) is 18.2 Å². The Morgan fingerprint density at radius 1 is 1.12 bits per heavy atom. The molecular weight excluding hydrogens is 353 g/mol. The topological polar surface area (TPSA) is 75.6 Å². The van der Waals surface area contributed by atoms with E-state index >= 15 is 0 Å². The van der Waals surface area contributed by atoms with Crippen molar-refractivity contribution in [3.63, 3.8) is 0 Å². The van der Waals surface area contributed by atoms with E-state index in [1.807, 2.05) is 19.9 Å². The largest absolute Gasteiger partial charge is 0.482 e. The van der Waals surface area contributed by atoms with Crippen LogP contribution in [0.2, 0.25) is 10.0 Å². The molecule has 0 heterocycles. The number of amides is 1. The summed E-state index contributed by atoms with van der Waals surface area (Å²) in [4.78, 5) is 22.9. The van der Waals surface area contributed by atoms with Crippen molar-refractivity contribution in [3.05, 3.63) is 57.1 Å². The number of hydrogen-bond donors (Lipinski definition) is 2. The highest BCUT2D eigenvalue weighted by atomic mass is 35.5. The van der Waals surface area contributed by atoms with Crippen LogP contribution in [0.3, 0.4) is 0 Å². The number of carbonyl (C=O) groups excluding carboxylic acids is 1. The fourth-order valence-electron chi connectivity index (χ4n) is 2.19. The highest BCUT2D eigenvalue weighted by Gasteiger charge is 2.12. The lowest BCUT2D eigenvalue weighted by molar-refractivity contribution is -0.118. The molecule has 0 saturated carbocycles. The van der Waals surface area contributed by atoms with E-state index in [1.54, 1.807) is 6.07 Å². The molecule has 2 rings (SSSR count). The zero-order valence-electron chi connectivity index (χ0n) is 13.0. The first-order valence-corrected chi connectivity index (χ1v) is 7.75. The van der Waals surface area contributed by atoms with Gasteiger partial charge in [-0.3, -0.25) is 4.79 Å². The lowest BCUT2D eigenvalue weighted by Crippen LogP contribution is -2.20. The number of anilines is 1. The molecule has 7 heteroatoms. The first-order valence-electron chi connectivity index (χ1n) is 7.00. The predicted octanol–water partition coefficient (Wildman–Crippen LogP) is 4.33. The SMILES string of the molecule is Cc1cc(C)c(OCC(=O)Nc2ccc(C(=O)O)c(Cl)c2)c(Cl)c1. The molecule has 2 aromatic carbocycles. The molecule has 2 N–H and O–H groups in total. The number of hydrogen-bond acceptors (Lipinski definition) is 3. The number of nitrogens with one attached hydrogen (secondary N) is 1. The maximum Gasteiger partial charge on any atom is 0.337 e. The highest BCUT2D eigenvalue weighted by molar-refractivity contribution is 6.34. The van der Waals surface area contributed by atoms with Crippen molar-refractivity contribution < 1.29 is 19.4 Å². The molecule has 24 heavy (non-hydrogen) atoms. The normalized spacial score (nSPS) is 10.3. The van der Waals surface area contributed by atoms with Gasteiger partial charge in [0.15, 0.2) is 6.61 Å². The Morgan fingerprint density at radius 2 is 1.83 bits per heavy atom. The number of carbonyl (C=O) groups is 2. The van der Waals surface area contributed by atoms with Crippen molar-refractivity contribution in [1.82, 2.24) is 0 Å². The van der Waals surface area contributed by atoms with Crippen molar-refractivity contribution in [2.45, 2.75) is 13.8 Å². The quantitative estimate of drug-likeness (QED) is 0.824. The highest BCUT2D eigenvalue weighted by Crippen LogP contribution is 2.29. The molecule has 2 aromatic rings. The van der Waals surface area contributed by atoms with Crippen LogP contribution in [0.25, 0.3) is 0 Å². The summed E-state index contributed by atoms with van der Waals surface area (Å²) in [5, 5.41) is 12.0. The Bertz CT molecular complexity index is 782. The standard InChI is InChI=1S/C17H15Cl2NO4/c1-9-5-10(2)16(14(19)6-9)24-8-15(21)20-11-3-4-12(17(22)23)13(18)7-11/h3-7H,8H2,1-2H3,(H,20,21)(H,22,23). The smallest absolute Gasteiger partial charge is 0.337 e. The van der Waals surface area contributed by atoms with E-state index in [-0.39, 0.29) is 17.2 Å². The first kappa shape index (κ1) is 18.1. The summed E-state index contributed by atoms with van der Waals surface area (Å²) >= 11 is 12.0. The molecule has 0 radical (unpaired) electrons. The van der Waals surface area contributed by atoms with Crippen LogP contribution in [0, 0.1) is 13.8 Å². The molecule has 5 nitrogen and oxygen atoms in total. The third kappa shape index (κ3) is 4.40. The summed E-state index contributed by atoms with van der Waals surface area (Å²) in [7, 11) is 0. The summed E-state index contributed by atoms with van der Waals surface area (Å²) < 4.78 is 5.48. The molecule has 1 amide bonds. The fraction of sp³-hybridized carbons (Fsp3) is 0.176. The summed E-state index contributed by atoms with van der Waals surface area (Å²) in [5.41, 5.74) is 2.18. The van der Waals surface area contributed by atoms with E-state index in [2.05, 4.69) is 5.32 Å². The monoisotopic (exact) mass is 367 g/mol. The number of aromatic carboxylic acids is 1. The third-order valence-corrected chi connectivity index (χ3v) is 3.80. The fourth-order valence-corrected chi connectivity index (χ4v) is 2.82. The summed E-state index contributed by atoms with van der Waals surface area (Å²) in [6, 6.07) is 7.81. The van der Waals surface area contributed by atoms with Crippen LogP contribution in [-0.2, 0) is 4.79 Å². The van der Waals surface area contributed by atoms with Crippen molar-refractivity contribution >= 4 is 40.8 Å². The second-order valence-electron chi connectivity index (χ2n) is 5.23. The van der Waals surface area contributed by atoms with Crippen LogP contribution in [0.5, 0.6) is 5.75 Å². The number of aryl methyl sites for hydroxylation is 2. The first-order chi connectivity index (χ1) is 11.3. The predicted molar refractivity (Wildman–Crippen MR) is 93.5 cm³/mol. The van der Waals surface area contributed by atoms with Crippen LogP contribution < -0.4 is 10.1 Å². The summed E-state index contributed by atoms with van der Waals surface area (Å²) in [6.07, 6.45) is 0. The minimum Gasteiger partial charge on any atom is -0.482 e. The molecule has 0 saturated heterocycles. The van der Waals surface area contributed by atoms with Crippen molar-refractivity contribution in [3.8, 4) is 5.75 Å². The van der Waals surface area contributed by atoms with Crippen LogP contribution in [0.1, 0.15) is 21.5 Å². The van der Waals surface area contributed by atoms with Gasteiger partial charge in [-0.25, -0.2) is 4.79 Å². The van der Waals surface area contributed by atoms with E-state index in [0.717, 1.165) is 11.1 Å². The maximum absolute atomic E-state index is 12.0. The number of ether oxygens (including phenoxy) is 1. The molecule has 0 atom stereocenters. The van der Waals surface area contributed by atoms with E-state index in [0.29, 0.717) is 16.5 Å². The number of carboxylic acid groups (broad SMARTS) is 1. The Labute approximate surface area is 149 Å². The van der Waals surface area contributed by atoms with Crippen LogP contribution in [0.4, 0.5) is 5.69 Å². The molecule has 0 bridgehead atoms. The van der Waals surface area contributed by atoms with Crippen LogP contribution >= 0.6 is 23.2 Å². The van der Waals surface area contributed by atoms with Crippen LogP contribution in [-0.4, -0.2) is 23.6 Å². The van der Waals surface area contributed by atoms with Gasteiger partial charge in [-0.2, -0.15) is 0 Å². The van der Waals surface area contributed by atoms with Gasteiger partial charge >= 0.3 is 5.97 Å². The zero-order chi connectivity index (χ0) is 17.9. The Morgan fingerprint density at radius 3 is 2.42 bits per heavy atom. The van der Waals surface area contributed by atoms with Gasteiger partial charge in [-0.1, -0.05) is 29.3 Å². The van der Waals surface area contributed by atoms with Gasteiger partial charge in [0.1, 0.15) is 5.75 Å². The number of benzene rings is 2. The van der Waals surface area contributed by atoms with Crippen molar-refractivity contribution in [1.29, 1.82) is 0 Å². The lowest BCUT2D eigenvalue weighted by Gasteiger charge is -2.12. The van der Waals surface area contributed by atoms with Gasteiger partial charge in [-0.15, -0.1) is 0 Å². The second kappa shape index (κ2) is 7.55. The molecule has 0 aliphatic heterocycles. The molecule has 0 aromatic heterocycles. The molecular formula is C17H15Cl2NO4. The maximum atomic E-state index is 12.0. The lowest BCUT2D eigenvalue weighted by atomic mass is 10.1. The molecule has 0 unspecified atom stereocenters. The zero-order valence-corrected chi connectivity index (χ0v) is 14.5. The van der Waals surface area contributed by atoms with Gasteiger partial charge < -0.3 is 15.2 Å². The summed E-state index contributed by atoms with van der Waals surface area (Å²) in [5.74, 6) is -1.09. The average Bonchev–Trinajstić information content (AvgIpc) is 2.45. The van der Waals surface area contributed by atoms with Gasteiger partial charge in [0.2, 0.25) is 0 Å². The minimum absolute atomic E-state index is 0.0343. The van der Waals surface area contributed by atoms with Gasteiger partial charge in [0.05, 0.1) is 15.6 Å². The minimum atomic E-state index is -1.13. The van der Waals surface area contributed by atoms with Crippen LogP contribution in [0.15, 0.2) is 30.3 Å².